The van der Waals surface area contributed by atoms with E-state index < -0.39 is 0 Å². The molecule has 0 atom stereocenters. The van der Waals surface area contributed by atoms with Crippen molar-refractivity contribution < 1.29 is 9.63 Å². The maximum atomic E-state index is 11.4. The van der Waals surface area contributed by atoms with Gasteiger partial charge in [-0.05, 0) is 35.9 Å². The van der Waals surface area contributed by atoms with E-state index in [0.717, 1.165) is 16.8 Å². The van der Waals surface area contributed by atoms with Crippen LogP contribution in [0.1, 0.15) is 25.3 Å². The molecule has 0 saturated heterocycles. The summed E-state index contributed by atoms with van der Waals surface area (Å²) in [6, 6.07) is 12.5. The summed E-state index contributed by atoms with van der Waals surface area (Å²) in [5, 5.41) is 9.48. The number of fused-ring (bicyclic) bond motifs is 1. The van der Waals surface area contributed by atoms with Crippen molar-refractivity contribution in [3.8, 4) is 0 Å². The van der Waals surface area contributed by atoms with Crippen LogP contribution in [0.3, 0.4) is 0 Å². The van der Waals surface area contributed by atoms with E-state index >= 15 is 0 Å². The number of carbonyl (C=O) groups excluding carboxylic acids is 1. The predicted octanol–water partition coefficient (Wildman–Crippen LogP) is 3.63. The zero-order valence-electron chi connectivity index (χ0n) is 15.6. The number of hydrogen-bond acceptors (Lipinski definition) is 4. The van der Waals surface area contributed by atoms with Crippen molar-refractivity contribution in [1.82, 2.24) is 5.32 Å². The third-order valence-electron chi connectivity index (χ3n) is 4.63. The number of benzene rings is 2. The first kappa shape index (κ1) is 18.0. The SMILES string of the molecule is CC(=NOCc1ccc(N(C)C)c2ccccc12)C1=CCNC(=O)CC1. The van der Waals surface area contributed by atoms with E-state index in [9.17, 15) is 4.79 Å². The van der Waals surface area contributed by atoms with Crippen molar-refractivity contribution in [3.05, 3.63) is 53.6 Å². The Morgan fingerprint density at radius 2 is 1.92 bits per heavy atom. The molecule has 1 heterocycles. The average Bonchev–Trinajstić information content (AvgIpc) is 2.86. The summed E-state index contributed by atoms with van der Waals surface area (Å²) < 4.78 is 0. The number of allylic oxidation sites excluding steroid dienone is 1. The maximum Gasteiger partial charge on any atom is 0.220 e. The monoisotopic (exact) mass is 351 g/mol. The highest BCUT2D eigenvalue weighted by molar-refractivity contribution is 5.99. The Kier molecular flexibility index (Phi) is 5.56. The van der Waals surface area contributed by atoms with Gasteiger partial charge in [-0.1, -0.05) is 41.6 Å². The zero-order valence-corrected chi connectivity index (χ0v) is 15.6. The Morgan fingerprint density at radius 1 is 1.15 bits per heavy atom. The molecule has 0 radical (unpaired) electrons. The first-order chi connectivity index (χ1) is 12.6. The molecule has 2 aromatic carbocycles. The second-order valence-electron chi connectivity index (χ2n) is 6.67. The summed E-state index contributed by atoms with van der Waals surface area (Å²) in [7, 11) is 4.09. The van der Waals surface area contributed by atoms with E-state index in [4.69, 9.17) is 4.84 Å². The topological polar surface area (TPSA) is 53.9 Å². The van der Waals surface area contributed by atoms with Gasteiger partial charge in [0.05, 0.1) is 5.71 Å². The molecular weight excluding hydrogens is 326 g/mol. The molecule has 26 heavy (non-hydrogen) atoms. The molecular formula is C21H25N3O2. The second kappa shape index (κ2) is 8.04. The molecule has 3 rings (SSSR count). The highest BCUT2D eigenvalue weighted by Gasteiger charge is 2.11. The lowest BCUT2D eigenvalue weighted by atomic mass is 10.0. The average molecular weight is 351 g/mol. The van der Waals surface area contributed by atoms with Crippen LogP contribution in [0.2, 0.25) is 0 Å². The smallest absolute Gasteiger partial charge is 0.220 e. The van der Waals surface area contributed by atoms with Crippen molar-refractivity contribution in [2.24, 2.45) is 5.16 Å². The Balaban J connectivity index is 1.75. The Labute approximate surface area is 154 Å². The summed E-state index contributed by atoms with van der Waals surface area (Å²) in [4.78, 5) is 19.2. The first-order valence-corrected chi connectivity index (χ1v) is 8.87. The van der Waals surface area contributed by atoms with Gasteiger partial charge in [0.15, 0.2) is 0 Å². The maximum absolute atomic E-state index is 11.4. The van der Waals surface area contributed by atoms with Crippen LogP contribution in [0.15, 0.2) is 53.2 Å². The van der Waals surface area contributed by atoms with E-state index in [1.807, 2.05) is 33.2 Å². The first-order valence-electron chi connectivity index (χ1n) is 8.87. The summed E-state index contributed by atoms with van der Waals surface area (Å²) >= 11 is 0. The largest absolute Gasteiger partial charge is 0.391 e. The van der Waals surface area contributed by atoms with Gasteiger partial charge in [-0.15, -0.1) is 0 Å². The van der Waals surface area contributed by atoms with Crippen molar-refractivity contribution in [2.75, 3.05) is 25.5 Å². The lowest BCUT2D eigenvalue weighted by molar-refractivity contribution is -0.120. The van der Waals surface area contributed by atoms with Gasteiger partial charge in [-0.25, -0.2) is 0 Å². The lowest BCUT2D eigenvalue weighted by Gasteiger charge is -2.17. The van der Waals surface area contributed by atoms with Crippen LogP contribution in [0.25, 0.3) is 10.8 Å². The Bertz CT molecular complexity index is 869. The van der Waals surface area contributed by atoms with Crippen LogP contribution in [-0.2, 0) is 16.2 Å². The van der Waals surface area contributed by atoms with E-state index in [-0.39, 0.29) is 5.91 Å². The summed E-state index contributed by atoms with van der Waals surface area (Å²) in [5.41, 5.74) is 4.19. The molecule has 136 valence electrons. The molecule has 1 aliphatic rings. The van der Waals surface area contributed by atoms with Gasteiger partial charge in [0.2, 0.25) is 5.91 Å². The molecule has 1 amide bonds. The number of anilines is 1. The standard InChI is InChI=1S/C21H25N3O2/c1-15(16-9-11-21(25)22-13-12-16)23-26-14-17-8-10-20(24(2)3)19-7-5-4-6-18(17)19/h4-8,10,12H,9,11,13-14H2,1-3H3,(H,22,25). The summed E-state index contributed by atoms with van der Waals surface area (Å²) in [5.74, 6) is 0.0809. The number of rotatable bonds is 5. The number of amides is 1. The number of hydrogen-bond donors (Lipinski definition) is 1. The molecule has 0 fully saturated rings. The van der Waals surface area contributed by atoms with E-state index in [0.29, 0.717) is 26.0 Å². The predicted molar refractivity (Wildman–Crippen MR) is 106 cm³/mol. The van der Waals surface area contributed by atoms with E-state index in [1.54, 1.807) is 0 Å². The van der Waals surface area contributed by atoms with Gasteiger partial charge in [-0.3, -0.25) is 4.79 Å². The number of nitrogens with zero attached hydrogens (tertiary/aromatic N) is 2. The van der Waals surface area contributed by atoms with Crippen LogP contribution in [-0.4, -0.2) is 32.3 Å². The molecule has 0 bridgehead atoms. The van der Waals surface area contributed by atoms with Crippen LogP contribution in [0.4, 0.5) is 5.69 Å². The van der Waals surface area contributed by atoms with Crippen molar-refractivity contribution in [3.63, 3.8) is 0 Å². The van der Waals surface area contributed by atoms with Crippen molar-refractivity contribution in [2.45, 2.75) is 26.4 Å². The van der Waals surface area contributed by atoms with Gasteiger partial charge in [0, 0.05) is 38.1 Å². The molecule has 0 aliphatic carbocycles. The van der Waals surface area contributed by atoms with Gasteiger partial charge in [0.25, 0.3) is 0 Å². The second-order valence-corrected chi connectivity index (χ2v) is 6.67. The molecule has 0 spiro atoms. The van der Waals surface area contributed by atoms with Gasteiger partial charge in [0.1, 0.15) is 6.61 Å². The van der Waals surface area contributed by atoms with E-state index in [2.05, 4.69) is 45.7 Å². The molecule has 5 nitrogen and oxygen atoms in total. The minimum absolute atomic E-state index is 0.0809. The fraction of sp³-hybridized carbons (Fsp3) is 0.333. The van der Waals surface area contributed by atoms with Gasteiger partial charge >= 0.3 is 0 Å². The molecule has 2 aromatic rings. The highest BCUT2D eigenvalue weighted by atomic mass is 16.6. The van der Waals surface area contributed by atoms with E-state index in [1.165, 1.54) is 16.5 Å². The third-order valence-corrected chi connectivity index (χ3v) is 4.63. The number of nitrogens with one attached hydrogen (secondary N) is 1. The van der Waals surface area contributed by atoms with Gasteiger partial charge in [-0.2, -0.15) is 0 Å². The minimum Gasteiger partial charge on any atom is -0.391 e. The molecule has 5 heteroatoms. The summed E-state index contributed by atoms with van der Waals surface area (Å²) in [6.45, 7) is 2.89. The quantitative estimate of drug-likeness (QED) is 0.661. The lowest BCUT2D eigenvalue weighted by Crippen LogP contribution is -2.20. The van der Waals surface area contributed by atoms with Crippen LogP contribution in [0.5, 0.6) is 0 Å². The summed E-state index contributed by atoms with van der Waals surface area (Å²) in [6.07, 6.45) is 3.20. The fourth-order valence-electron chi connectivity index (χ4n) is 3.17. The van der Waals surface area contributed by atoms with Crippen molar-refractivity contribution in [1.29, 1.82) is 0 Å². The zero-order chi connectivity index (χ0) is 18.5. The molecule has 0 saturated carbocycles. The van der Waals surface area contributed by atoms with Crippen LogP contribution in [0, 0.1) is 0 Å². The van der Waals surface area contributed by atoms with Crippen LogP contribution >= 0.6 is 0 Å². The number of carbonyl (C=O) groups is 1. The third kappa shape index (κ3) is 4.04. The molecule has 1 aliphatic heterocycles. The molecule has 0 aromatic heterocycles. The fourth-order valence-corrected chi connectivity index (χ4v) is 3.17. The van der Waals surface area contributed by atoms with Crippen LogP contribution < -0.4 is 10.2 Å². The Hall–Kier alpha value is -2.82. The molecule has 0 unspecified atom stereocenters. The van der Waals surface area contributed by atoms with Crippen molar-refractivity contribution >= 4 is 28.1 Å². The Morgan fingerprint density at radius 3 is 2.69 bits per heavy atom. The normalized spacial score (nSPS) is 15.3. The highest BCUT2D eigenvalue weighted by Crippen LogP contribution is 2.28. The molecule has 1 N–H and O–H groups in total. The number of oxime groups is 1. The van der Waals surface area contributed by atoms with Gasteiger partial charge < -0.3 is 15.1 Å². The minimum atomic E-state index is 0.0809.